The number of hydrogen-bond donors (Lipinski definition) is 2. The third kappa shape index (κ3) is 5.53. The Kier molecular flexibility index (Phi) is 6.72. The van der Waals surface area contributed by atoms with Gasteiger partial charge in [0.15, 0.2) is 0 Å². The molecule has 3 rings (SSSR count). The fourth-order valence-electron chi connectivity index (χ4n) is 3.21. The largest absolute Gasteiger partial charge is 0.391 e. The summed E-state index contributed by atoms with van der Waals surface area (Å²) in [5.41, 5.74) is 5.87. The van der Waals surface area contributed by atoms with Crippen LogP contribution in [0, 0.1) is 0 Å². The van der Waals surface area contributed by atoms with Crippen LogP contribution in [0.1, 0.15) is 57.8 Å². The van der Waals surface area contributed by atoms with Crippen molar-refractivity contribution in [2.75, 3.05) is 19.6 Å². The van der Waals surface area contributed by atoms with Crippen LogP contribution in [0.3, 0.4) is 0 Å². The zero-order chi connectivity index (χ0) is 13.3. The average molecular weight is 265 g/mol. The van der Waals surface area contributed by atoms with Crippen LogP contribution >= 0.6 is 0 Å². The number of likely N-dealkylation sites (tertiary alicyclic amines) is 1. The number of nitrogens with one attached hydrogen (secondary N) is 1. The molecule has 2 aliphatic heterocycles. The van der Waals surface area contributed by atoms with Crippen LogP contribution in [0.4, 0.5) is 0 Å². The van der Waals surface area contributed by atoms with Crippen LogP contribution in [-0.2, 0) is 0 Å². The number of nitrogens with zero attached hydrogens (tertiary/aromatic N) is 1. The van der Waals surface area contributed by atoms with Crippen LogP contribution in [0.15, 0.2) is 12.3 Å². The molecular formula is C16H31N3. The second-order valence-corrected chi connectivity index (χ2v) is 6.16. The first kappa shape index (κ1) is 14.9. The minimum atomic E-state index is 0.446. The molecule has 19 heavy (non-hydrogen) atoms. The van der Waals surface area contributed by atoms with Gasteiger partial charge in [-0.3, -0.25) is 4.90 Å². The van der Waals surface area contributed by atoms with E-state index >= 15 is 0 Å². The van der Waals surface area contributed by atoms with Crippen molar-refractivity contribution < 1.29 is 0 Å². The van der Waals surface area contributed by atoms with Crippen molar-refractivity contribution in [1.82, 2.24) is 10.2 Å². The van der Waals surface area contributed by atoms with Crippen molar-refractivity contribution in [3.8, 4) is 0 Å². The Morgan fingerprint density at radius 1 is 0.895 bits per heavy atom. The Morgan fingerprint density at radius 2 is 1.47 bits per heavy atom. The summed E-state index contributed by atoms with van der Waals surface area (Å²) in [6.45, 7) is 3.47. The Labute approximate surface area is 118 Å². The molecule has 0 amide bonds. The van der Waals surface area contributed by atoms with E-state index in [0.29, 0.717) is 12.1 Å². The number of piperidine rings is 1. The molecule has 0 radical (unpaired) electrons. The molecule has 1 saturated heterocycles. The van der Waals surface area contributed by atoms with Crippen LogP contribution in [0.5, 0.6) is 0 Å². The molecule has 3 heteroatoms. The van der Waals surface area contributed by atoms with E-state index in [0.717, 1.165) is 19.4 Å². The topological polar surface area (TPSA) is 41.3 Å². The fourth-order valence-corrected chi connectivity index (χ4v) is 3.21. The summed E-state index contributed by atoms with van der Waals surface area (Å²) in [4.78, 5) is 2.56. The molecule has 3 nitrogen and oxygen atoms in total. The van der Waals surface area contributed by atoms with Crippen LogP contribution in [0.2, 0.25) is 0 Å². The Morgan fingerprint density at radius 3 is 1.95 bits per heavy atom. The predicted molar refractivity (Wildman–Crippen MR) is 82.0 cm³/mol. The lowest BCUT2D eigenvalue weighted by atomic mass is 10.0. The molecule has 110 valence electrons. The lowest BCUT2D eigenvalue weighted by Gasteiger charge is -2.36. The van der Waals surface area contributed by atoms with E-state index in [-0.39, 0.29) is 0 Å². The second-order valence-electron chi connectivity index (χ2n) is 6.16. The summed E-state index contributed by atoms with van der Waals surface area (Å²) in [5.74, 6) is 0. The zero-order valence-corrected chi connectivity index (χ0v) is 12.3. The molecule has 0 aromatic rings. The molecular weight excluding hydrogens is 234 g/mol. The molecule has 3 aliphatic rings. The number of nitrogens with two attached hydrogens (primary N) is 1. The zero-order valence-electron chi connectivity index (χ0n) is 12.3. The predicted octanol–water partition coefficient (Wildman–Crippen LogP) is 2.63. The third-order valence-corrected chi connectivity index (χ3v) is 4.56. The quantitative estimate of drug-likeness (QED) is 0.766. The minimum Gasteiger partial charge on any atom is -0.391 e. The van der Waals surface area contributed by atoms with Crippen molar-refractivity contribution in [3.63, 3.8) is 0 Å². The van der Waals surface area contributed by atoms with Crippen molar-refractivity contribution >= 4 is 0 Å². The van der Waals surface area contributed by atoms with Gasteiger partial charge in [-0.05, 0) is 25.5 Å². The van der Waals surface area contributed by atoms with Gasteiger partial charge in [-0.2, -0.15) is 0 Å². The van der Waals surface area contributed by atoms with Gasteiger partial charge in [0.2, 0.25) is 0 Å². The molecule has 0 spiro atoms. The Balaban J connectivity index is 0.000000186. The highest BCUT2D eigenvalue weighted by Gasteiger charge is 2.22. The van der Waals surface area contributed by atoms with Crippen molar-refractivity contribution in [1.29, 1.82) is 0 Å². The normalized spacial score (nSPS) is 29.2. The maximum absolute atomic E-state index is 5.87. The fraction of sp³-hybridized carbons (Fsp3) is 0.875. The number of rotatable bonds is 1. The molecule has 3 N–H and O–H groups in total. The summed E-state index contributed by atoms with van der Waals surface area (Å²) in [7, 11) is 0. The number of hydrogen-bond acceptors (Lipinski definition) is 3. The molecule has 1 saturated carbocycles. The molecule has 0 aromatic carbocycles. The van der Waals surface area contributed by atoms with Gasteiger partial charge in [0.05, 0.1) is 0 Å². The van der Waals surface area contributed by atoms with Crippen LogP contribution in [0.25, 0.3) is 0 Å². The maximum atomic E-state index is 5.87. The third-order valence-electron chi connectivity index (χ3n) is 4.56. The summed E-state index contributed by atoms with van der Waals surface area (Å²) in [6.07, 6.45) is 16.9. The van der Waals surface area contributed by atoms with E-state index in [1.165, 1.54) is 58.0 Å². The van der Waals surface area contributed by atoms with Gasteiger partial charge in [0, 0.05) is 31.7 Å². The lowest BCUT2D eigenvalue weighted by molar-refractivity contribution is 0.169. The summed E-state index contributed by atoms with van der Waals surface area (Å²) in [6, 6.07) is 1.11. The smallest absolute Gasteiger partial charge is 0.0311 e. The van der Waals surface area contributed by atoms with Gasteiger partial charge in [-0.15, -0.1) is 0 Å². The van der Waals surface area contributed by atoms with Gasteiger partial charge in [0.25, 0.3) is 0 Å². The highest BCUT2D eigenvalue weighted by Crippen LogP contribution is 2.16. The van der Waals surface area contributed by atoms with Gasteiger partial charge in [-0.25, -0.2) is 0 Å². The monoisotopic (exact) mass is 265 g/mol. The summed E-state index contributed by atoms with van der Waals surface area (Å²) >= 11 is 0. The van der Waals surface area contributed by atoms with E-state index in [4.69, 9.17) is 5.73 Å². The highest BCUT2D eigenvalue weighted by molar-refractivity contribution is 4.98. The van der Waals surface area contributed by atoms with Gasteiger partial charge in [-0.1, -0.05) is 44.6 Å². The van der Waals surface area contributed by atoms with E-state index < -0.39 is 0 Å². The van der Waals surface area contributed by atoms with Crippen molar-refractivity contribution in [2.24, 2.45) is 5.73 Å². The van der Waals surface area contributed by atoms with Crippen molar-refractivity contribution in [2.45, 2.75) is 69.9 Å². The molecule has 1 aliphatic carbocycles. The molecule has 1 atom stereocenters. The standard InChI is InChI=1S/C10H19N3.C6H12/c11-9-3-7-13(8-4-9)10-1-5-12-6-2-10;1-2-4-6-5-3-1/h1,5,9-10,12H,2-4,6-8,11H2;1-6H2. The van der Waals surface area contributed by atoms with Gasteiger partial charge in [0.1, 0.15) is 0 Å². The summed E-state index contributed by atoms with van der Waals surface area (Å²) in [5, 5.41) is 3.23. The first-order valence-electron chi connectivity index (χ1n) is 8.26. The second kappa shape index (κ2) is 8.60. The summed E-state index contributed by atoms with van der Waals surface area (Å²) < 4.78 is 0. The van der Waals surface area contributed by atoms with E-state index in [9.17, 15) is 0 Å². The molecule has 2 heterocycles. The molecule has 2 fully saturated rings. The molecule has 0 aromatic heterocycles. The molecule has 1 unspecified atom stereocenters. The minimum absolute atomic E-state index is 0.446. The highest BCUT2D eigenvalue weighted by atomic mass is 15.2. The first-order valence-corrected chi connectivity index (χ1v) is 8.26. The Bertz CT molecular complexity index is 241. The maximum Gasteiger partial charge on any atom is 0.0311 e. The van der Waals surface area contributed by atoms with Gasteiger partial charge < -0.3 is 11.1 Å². The first-order chi connectivity index (χ1) is 9.36. The van der Waals surface area contributed by atoms with E-state index in [1.54, 1.807) is 0 Å². The molecule has 0 bridgehead atoms. The Hall–Kier alpha value is -0.540. The van der Waals surface area contributed by atoms with Crippen molar-refractivity contribution in [3.05, 3.63) is 12.3 Å². The van der Waals surface area contributed by atoms with E-state index in [1.807, 2.05) is 0 Å². The van der Waals surface area contributed by atoms with Crippen LogP contribution < -0.4 is 11.1 Å². The van der Waals surface area contributed by atoms with Crippen LogP contribution in [-0.4, -0.2) is 36.6 Å². The SMILES string of the molecule is C1CCCCC1.NC1CCN(C2C=CNCC2)CC1. The lowest BCUT2D eigenvalue weighted by Crippen LogP contribution is -2.46. The van der Waals surface area contributed by atoms with E-state index in [2.05, 4.69) is 22.5 Å². The average Bonchev–Trinajstić information content (AvgIpc) is 2.51. The van der Waals surface area contributed by atoms with Gasteiger partial charge >= 0.3 is 0 Å².